The van der Waals surface area contributed by atoms with Gasteiger partial charge in [0.2, 0.25) is 0 Å². The van der Waals surface area contributed by atoms with Gasteiger partial charge in [-0.1, -0.05) is 0 Å². The minimum Gasteiger partial charge on any atom is -0.456 e. The number of alkyl halides is 3. The van der Waals surface area contributed by atoms with Gasteiger partial charge in [0.1, 0.15) is 16.0 Å². The number of anilines is 1. The molecule has 35 heavy (non-hydrogen) atoms. The Labute approximate surface area is 207 Å². The zero-order chi connectivity index (χ0) is 25.3. The van der Waals surface area contributed by atoms with Gasteiger partial charge in [-0.2, -0.15) is 13.2 Å². The van der Waals surface area contributed by atoms with E-state index in [-0.39, 0.29) is 22.2 Å². The van der Waals surface area contributed by atoms with Gasteiger partial charge in [-0.05, 0) is 43.5 Å². The number of esters is 1. The number of hydrogen-bond acceptors (Lipinski definition) is 8. The molecule has 0 radical (unpaired) electrons. The predicted molar refractivity (Wildman–Crippen MR) is 124 cm³/mol. The highest BCUT2D eigenvalue weighted by atomic mass is 32.1. The van der Waals surface area contributed by atoms with Gasteiger partial charge in [0.05, 0.1) is 18.8 Å². The molecule has 2 aromatic heterocycles. The topological polar surface area (TPSA) is 106 Å². The average molecular weight is 532 g/mol. The van der Waals surface area contributed by atoms with Crippen LogP contribution in [-0.2, 0) is 44.7 Å². The molecule has 1 unspecified atom stereocenters. The van der Waals surface area contributed by atoms with Crippen molar-refractivity contribution in [2.24, 2.45) is 0 Å². The molecule has 0 aromatic carbocycles. The number of nitrogens with one attached hydrogen (secondary N) is 3. The number of amides is 2. The van der Waals surface area contributed by atoms with Gasteiger partial charge in [0, 0.05) is 29.3 Å². The first-order chi connectivity index (χ1) is 16.6. The molecule has 0 saturated carbocycles. The molecule has 4 heterocycles. The van der Waals surface area contributed by atoms with E-state index in [1.807, 2.05) is 0 Å². The maximum atomic E-state index is 13.6. The summed E-state index contributed by atoms with van der Waals surface area (Å²) in [5, 5.41) is 7.91. The lowest BCUT2D eigenvalue weighted by Gasteiger charge is -2.15. The summed E-state index contributed by atoms with van der Waals surface area (Å²) < 4.78 is 51.3. The molecule has 190 valence electrons. The summed E-state index contributed by atoms with van der Waals surface area (Å²) in [6, 6.07) is 0. The minimum absolute atomic E-state index is 0.00832. The number of halogens is 3. The number of ether oxygens (including phenoxy) is 2. The van der Waals surface area contributed by atoms with Crippen LogP contribution in [0.15, 0.2) is 0 Å². The zero-order valence-electron chi connectivity index (χ0n) is 19.0. The van der Waals surface area contributed by atoms with Gasteiger partial charge in [-0.3, -0.25) is 9.59 Å². The molecule has 1 atom stereocenters. The zero-order valence-corrected chi connectivity index (χ0v) is 20.7. The molecule has 4 rings (SSSR count). The fourth-order valence-electron chi connectivity index (χ4n) is 4.00. The van der Waals surface area contributed by atoms with Gasteiger partial charge in [-0.15, -0.1) is 22.7 Å². The van der Waals surface area contributed by atoms with Crippen molar-refractivity contribution in [3.63, 3.8) is 0 Å². The SMILES string of the molecule is Cc1sc(NC(=O)C(=O)NCc2c(C(F)(F)F)sc3c2CCNC3)c(C(=O)OC2CCOC2)c1C. The van der Waals surface area contributed by atoms with Crippen LogP contribution in [-0.4, -0.2) is 43.6 Å². The van der Waals surface area contributed by atoms with Crippen LogP contribution in [0.1, 0.15) is 48.1 Å². The third-order valence-electron chi connectivity index (χ3n) is 5.91. The Balaban J connectivity index is 1.46. The van der Waals surface area contributed by atoms with E-state index in [1.54, 1.807) is 13.8 Å². The highest BCUT2D eigenvalue weighted by molar-refractivity contribution is 7.17. The molecular formula is C22H24F3N3O5S2. The molecule has 8 nitrogen and oxygen atoms in total. The second-order valence-electron chi connectivity index (χ2n) is 8.25. The molecule has 2 amide bonds. The number of thiophene rings is 2. The third-order valence-corrected chi connectivity index (χ3v) is 8.35. The van der Waals surface area contributed by atoms with E-state index in [9.17, 15) is 27.6 Å². The molecule has 2 aliphatic heterocycles. The van der Waals surface area contributed by atoms with Crippen LogP contribution in [0.4, 0.5) is 18.2 Å². The summed E-state index contributed by atoms with van der Waals surface area (Å²) in [5.74, 6) is -2.81. The Kier molecular flexibility index (Phi) is 7.50. The summed E-state index contributed by atoms with van der Waals surface area (Å²) in [5.41, 5.74) is 1.32. The maximum absolute atomic E-state index is 13.6. The summed E-state index contributed by atoms with van der Waals surface area (Å²) >= 11 is 1.77. The van der Waals surface area contributed by atoms with Crippen molar-refractivity contribution in [3.8, 4) is 0 Å². The van der Waals surface area contributed by atoms with E-state index in [2.05, 4.69) is 16.0 Å². The number of rotatable bonds is 5. The van der Waals surface area contributed by atoms with Gasteiger partial charge in [-0.25, -0.2) is 4.79 Å². The van der Waals surface area contributed by atoms with Crippen LogP contribution in [0.5, 0.6) is 0 Å². The lowest BCUT2D eigenvalue weighted by Crippen LogP contribution is -2.36. The van der Waals surface area contributed by atoms with Crippen LogP contribution >= 0.6 is 22.7 Å². The molecule has 3 N–H and O–H groups in total. The van der Waals surface area contributed by atoms with Crippen molar-refractivity contribution in [1.29, 1.82) is 0 Å². The molecule has 1 saturated heterocycles. The van der Waals surface area contributed by atoms with Crippen molar-refractivity contribution in [1.82, 2.24) is 10.6 Å². The average Bonchev–Trinajstić information content (AvgIpc) is 3.50. The highest BCUT2D eigenvalue weighted by Crippen LogP contribution is 2.41. The molecule has 1 fully saturated rings. The van der Waals surface area contributed by atoms with Crippen molar-refractivity contribution in [2.75, 3.05) is 25.1 Å². The number of fused-ring (bicyclic) bond motifs is 1. The number of carbonyl (C=O) groups excluding carboxylic acids is 3. The van der Waals surface area contributed by atoms with Crippen molar-refractivity contribution >= 4 is 45.5 Å². The molecule has 0 aliphatic carbocycles. The van der Waals surface area contributed by atoms with Gasteiger partial charge >= 0.3 is 24.0 Å². The monoisotopic (exact) mass is 531 g/mol. The number of carbonyl (C=O) groups is 3. The van der Waals surface area contributed by atoms with Crippen molar-refractivity contribution in [3.05, 3.63) is 36.9 Å². The Morgan fingerprint density at radius 3 is 2.66 bits per heavy atom. The quantitative estimate of drug-likeness (QED) is 0.404. The summed E-state index contributed by atoms with van der Waals surface area (Å²) in [6.07, 6.45) is -3.97. The Hall–Kier alpha value is -2.48. The smallest absolute Gasteiger partial charge is 0.425 e. The highest BCUT2D eigenvalue weighted by Gasteiger charge is 2.38. The van der Waals surface area contributed by atoms with Crippen LogP contribution in [0.25, 0.3) is 0 Å². The summed E-state index contributed by atoms with van der Waals surface area (Å²) in [4.78, 5) is 38.3. The first-order valence-electron chi connectivity index (χ1n) is 11.0. The van der Waals surface area contributed by atoms with E-state index in [0.717, 1.165) is 16.2 Å². The first-order valence-corrected chi connectivity index (χ1v) is 12.6. The van der Waals surface area contributed by atoms with Gasteiger partial charge in [0.15, 0.2) is 0 Å². The van der Waals surface area contributed by atoms with Crippen LogP contribution in [0.2, 0.25) is 0 Å². The van der Waals surface area contributed by atoms with E-state index < -0.39 is 35.4 Å². The fourth-order valence-corrected chi connectivity index (χ4v) is 6.25. The molecule has 2 aromatic rings. The predicted octanol–water partition coefficient (Wildman–Crippen LogP) is 3.29. The number of aryl methyl sites for hydroxylation is 1. The number of hydrogen-bond donors (Lipinski definition) is 3. The molecule has 2 aliphatic rings. The Morgan fingerprint density at radius 2 is 1.97 bits per heavy atom. The molecular weight excluding hydrogens is 507 g/mol. The van der Waals surface area contributed by atoms with Gasteiger partial charge < -0.3 is 25.4 Å². The van der Waals surface area contributed by atoms with Crippen LogP contribution < -0.4 is 16.0 Å². The van der Waals surface area contributed by atoms with Crippen molar-refractivity contribution < 1.29 is 37.0 Å². The van der Waals surface area contributed by atoms with E-state index in [4.69, 9.17) is 9.47 Å². The normalized spacial score (nSPS) is 17.7. The lowest BCUT2D eigenvalue weighted by atomic mass is 10.0. The summed E-state index contributed by atoms with van der Waals surface area (Å²) in [7, 11) is 0. The van der Waals surface area contributed by atoms with Crippen molar-refractivity contribution in [2.45, 2.75) is 52.1 Å². The standard InChI is InChI=1S/C22H24F3N3O5S2/c1-10-11(2)34-20(16(10)21(31)33-12-4-6-32-9-12)28-19(30)18(29)27-7-14-13-3-5-26-8-15(13)35-17(14)22(23,24)25/h12,26H,3-9H2,1-2H3,(H,27,29)(H,28,30). The minimum atomic E-state index is -4.56. The van der Waals surface area contributed by atoms with Crippen LogP contribution in [0, 0.1) is 13.8 Å². The van der Waals surface area contributed by atoms with Gasteiger partial charge in [0.25, 0.3) is 0 Å². The molecule has 0 spiro atoms. The Morgan fingerprint density at radius 1 is 1.20 bits per heavy atom. The Bertz CT molecular complexity index is 1150. The van der Waals surface area contributed by atoms with E-state index in [1.165, 1.54) is 0 Å². The van der Waals surface area contributed by atoms with Crippen LogP contribution in [0.3, 0.4) is 0 Å². The van der Waals surface area contributed by atoms with E-state index in [0.29, 0.717) is 66.5 Å². The fraction of sp³-hybridized carbons (Fsp3) is 0.500. The third kappa shape index (κ3) is 5.52. The molecule has 13 heteroatoms. The molecule has 0 bridgehead atoms. The second kappa shape index (κ2) is 10.2. The first kappa shape index (κ1) is 25.6. The van der Waals surface area contributed by atoms with E-state index >= 15 is 0 Å². The largest absolute Gasteiger partial charge is 0.456 e. The lowest BCUT2D eigenvalue weighted by molar-refractivity contribution is -0.137. The summed E-state index contributed by atoms with van der Waals surface area (Å²) in [6.45, 7) is 4.69. The second-order valence-corrected chi connectivity index (χ2v) is 10.6. The maximum Gasteiger partial charge on any atom is 0.425 e.